The predicted molar refractivity (Wildman–Crippen MR) is 134 cm³/mol. The minimum atomic E-state index is -1.04. The van der Waals surface area contributed by atoms with E-state index in [2.05, 4.69) is 28.5 Å². The number of hydrogen-bond donors (Lipinski definition) is 1. The largest absolute Gasteiger partial charge is 0.342 e. The average molecular weight is 474 g/mol. The van der Waals surface area contributed by atoms with Crippen molar-refractivity contribution >= 4 is 22.6 Å². The fourth-order valence-corrected chi connectivity index (χ4v) is 5.96. The summed E-state index contributed by atoms with van der Waals surface area (Å²) in [4.78, 5) is 32.4. The number of nitrogens with one attached hydrogen (secondary N) is 1. The topological polar surface area (TPSA) is 62.3 Å². The summed E-state index contributed by atoms with van der Waals surface area (Å²) in [6.45, 7) is 3.51. The third-order valence-corrected chi connectivity index (χ3v) is 7.59. The third-order valence-electron chi connectivity index (χ3n) is 7.59. The number of carbonyl (C=O) groups excluding carboxylic acids is 2. The van der Waals surface area contributed by atoms with E-state index in [-0.39, 0.29) is 30.3 Å². The molecule has 5 nitrogen and oxygen atoms in total. The normalized spacial score (nSPS) is 21.8. The number of aromatic nitrogens is 1. The minimum Gasteiger partial charge on any atom is -0.342 e. The molecule has 5 rings (SSSR count). The van der Waals surface area contributed by atoms with Crippen LogP contribution in [0.15, 0.2) is 60.9 Å². The molecule has 2 aromatic carbocycles. The van der Waals surface area contributed by atoms with Gasteiger partial charge in [0.15, 0.2) is 0 Å². The maximum absolute atomic E-state index is 14.0. The molecule has 0 radical (unpaired) electrons. The number of rotatable bonds is 6. The monoisotopic (exact) mass is 473 g/mol. The van der Waals surface area contributed by atoms with Gasteiger partial charge in [-0.25, -0.2) is 4.39 Å². The quantitative estimate of drug-likeness (QED) is 0.558. The number of fused-ring (bicyclic) bond motifs is 3. The van der Waals surface area contributed by atoms with E-state index in [0.29, 0.717) is 11.5 Å². The van der Waals surface area contributed by atoms with Crippen LogP contribution in [0.5, 0.6) is 0 Å². The van der Waals surface area contributed by atoms with Gasteiger partial charge in [-0.15, -0.1) is 0 Å². The van der Waals surface area contributed by atoms with Gasteiger partial charge >= 0.3 is 0 Å². The zero-order valence-electron chi connectivity index (χ0n) is 20.3. The summed E-state index contributed by atoms with van der Waals surface area (Å²) >= 11 is 0. The summed E-state index contributed by atoms with van der Waals surface area (Å²) in [5.41, 5.74) is 0.621. The van der Waals surface area contributed by atoms with Crippen molar-refractivity contribution in [3.8, 4) is 0 Å². The molecule has 2 unspecified atom stereocenters. The number of halogens is 1. The van der Waals surface area contributed by atoms with Gasteiger partial charge in [-0.1, -0.05) is 36.4 Å². The van der Waals surface area contributed by atoms with E-state index in [1.54, 1.807) is 32.0 Å². The van der Waals surface area contributed by atoms with Gasteiger partial charge in [-0.2, -0.15) is 0 Å². The molecule has 2 bridgehead atoms. The van der Waals surface area contributed by atoms with Gasteiger partial charge in [0, 0.05) is 29.9 Å². The number of pyridine rings is 1. The van der Waals surface area contributed by atoms with Gasteiger partial charge in [0.1, 0.15) is 11.4 Å². The van der Waals surface area contributed by atoms with Crippen molar-refractivity contribution in [2.45, 2.75) is 70.0 Å². The molecule has 2 atom stereocenters. The summed E-state index contributed by atoms with van der Waals surface area (Å²) in [6, 6.07) is 15.3. The highest BCUT2D eigenvalue weighted by Crippen LogP contribution is 2.41. The highest BCUT2D eigenvalue weighted by Gasteiger charge is 2.47. The minimum absolute atomic E-state index is 0.0384. The molecule has 182 valence electrons. The lowest BCUT2D eigenvalue weighted by Gasteiger charge is -2.43. The first-order chi connectivity index (χ1) is 16.8. The lowest BCUT2D eigenvalue weighted by molar-refractivity contribution is -0.145. The zero-order chi connectivity index (χ0) is 24.6. The molecule has 2 aliphatic rings. The standard InChI is InChI=1S/C29H32FN3O2/c1-29(2,32-27(34)17-22-5-3-4-6-26(22)30)28(35)33-24-9-10-25(33)16-20(15-24)13-19-7-8-23-18-31-12-11-21(23)14-19/h3-8,11-12,14,18,20,24-25H,9-10,13,15-17H2,1-2H3,(H,32,34). The molecule has 2 aliphatic heterocycles. The SMILES string of the molecule is CC(C)(NC(=O)Cc1ccccc1F)C(=O)N1C2CCC1CC(Cc1ccc3cnccc3c1)C2. The fourth-order valence-electron chi connectivity index (χ4n) is 5.96. The zero-order valence-corrected chi connectivity index (χ0v) is 20.3. The van der Waals surface area contributed by atoms with Gasteiger partial charge in [-0.3, -0.25) is 14.6 Å². The molecular weight excluding hydrogens is 441 g/mol. The number of piperidine rings is 1. The van der Waals surface area contributed by atoms with Crippen LogP contribution >= 0.6 is 0 Å². The van der Waals surface area contributed by atoms with Crippen molar-refractivity contribution in [1.29, 1.82) is 0 Å². The van der Waals surface area contributed by atoms with E-state index >= 15 is 0 Å². The Kier molecular flexibility index (Phi) is 6.30. The maximum Gasteiger partial charge on any atom is 0.248 e. The Balaban J connectivity index is 1.22. The van der Waals surface area contributed by atoms with Crippen LogP contribution in [0.2, 0.25) is 0 Å². The Morgan fingerprint density at radius 2 is 1.80 bits per heavy atom. The van der Waals surface area contributed by atoms with Crippen molar-refractivity contribution in [2.24, 2.45) is 5.92 Å². The summed E-state index contributed by atoms with van der Waals surface area (Å²) in [7, 11) is 0. The molecule has 2 amide bonds. The molecule has 35 heavy (non-hydrogen) atoms. The fraction of sp³-hybridized carbons (Fsp3) is 0.414. The Bertz CT molecular complexity index is 1240. The number of nitrogens with zero attached hydrogens (tertiary/aromatic N) is 2. The summed E-state index contributed by atoms with van der Waals surface area (Å²) < 4.78 is 14.0. The Morgan fingerprint density at radius 1 is 1.06 bits per heavy atom. The molecule has 3 heterocycles. The third kappa shape index (κ3) is 4.93. The molecule has 1 N–H and O–H groups in total. The molecule has 2 fully saturated rings. The van der Waals surface area contributed by atoms with Crippen molar-refractivity contribution in [3.05, 3.63) is 77.9 Å². The summed E-state index contributed by atoms with van der Waals surface area (Å²) in [6.07, 6.45) is 8.63. The average Bonchev–Trinajstić information content (AvgIpc) is 3.09. The second-order valence-corrected chi connectivity index (χ2v) is 10.6. The molecule has 3 aromatic rings. The van der Waals surface area contributed by atoms with Crippen LogP contribution in [0.1, 0.15) is 50.7 Å². The van der Waals surface area contributed by atoms with E-state index < -0.39 is 11.4 Å². The summed E-state index contributed by atoms with van der Waals surface area (Å²) in [5.74, 6) is -0.254. The lowest BCUT2D eigenvalue weighted by atomic mass is 9.84. The van der Waals surface area contributed by atoms with Gasteiger partial charge in [0.2, 0.25) is 11.8 Å². The van der Waals surface area contributed by atoms with E-state index in [0.717, 1.165) is 37.5 Å². The van der Waals surface area contributed by atoms with Gasteiger partial charge in [0.05, 0.1) is 6.42 Å². The number of benzene rings is 2. The molecular formula is C29H32FN3O2. The van der Waals surface area contributed by atoms with Gasteiger partial charge < -0.3 is 10.2 Å². The van der Waals surface area contributed by atoms with Gasteiger partial charge in [0.25, 0.3) is 0 Å². The Morgan fingerprint density at radius 3 is 2.54 bits per heavy atom. The maximum atomic E-state index is 14.0. The van der Waals surface area contributed by atoms with Crippen molar-refractivity contribution in [3.63, 3.8) is 0 Å². The molecule has 6 heteroatoms. The first-order valence-electron chi connectivity index (χ1n) is 12.5. The first-order valence-corrected chi connectivity index (χ1v) is 12.5. The van der Waals surface area contributed by atoms with Crippen LogP contribution < -0.4 is 5.32 Å². The van der Waals surface area contributed by atoms with Gasteiger partial charge in [-0.05, 0) is 80.5 Å². The summed E-state index contributed by atoms with van der Waals surface area (Å²) in [5, 5.41) is 5.22. The number of carbonyl (C=O) groups is 2. The van der Waals surface area contributed by atoms with E-state index in [9.17, 15) is 14.0 Å². The highest BCUT2D eigenvalue weighted by atomic mass is 19.1. The molecule has 0 saturated carbocycles. The Hall–Kier alpha value is -3.28. The van der Waals surface area contributed by atoms with Crippen molar-refractivity contribution in [1.82, 2.24) is 15.2 Å². The van der Waals surface area contributed by atoms with Crippen LogP contribution in [0.4, 0.5) is 4.39 Å². The van der Waals surface area contributed by atoms with E-state index in [1.165, 1.54) is 17.0 Å². The van der Waals surface area contributed by atoms with Crippen molar-refractivity contribution < 1.29 is 14.0 Å². The smallest absolute Gasteiger partial charge is 0.248 e. The van der Waals surface area contributed by atoms with Crippen molar-refractivity contribution in [2.75, 3.05) is 0 Å². The Labute approximate surface area is 205 Å². The first kappa shape index (κ1) is 23.5. The van der Waals surface area contributed by atoms with Crippen LogP contribution in [-0.4, -0.2) is 39.3 Å². The van der Waals surface area contributed by atoms with E-state index in [1.807, 2.05) is 23.4 Å². The second-order valence-electron chi connectivity index (χ2n) is 10.6. The molecule has 1 aromatic heterocycles. The predicted octanol–water partition coefficient (Wildman–Crippen LogP) is 4.82. The van der Waals surface area contributed by atoms with Crippen LogP contribution in [0, 0.1) is 11.7 Å². The van der Waals surface area contributed by atoms with E-state index in [4.69, 9.17) is 0 Å². The number of amides is 2. The van der Waals surface area contributed by atoms with Crippen LogP contribution in [-0.2, 0) is 22.4 Å². The van der Waals surface area contributed by atoms with Crippen LogP contribution in [0.3, 0.4) is 0 Å². The molecule has 0 aliphatic carbocycles. The lowest BCUT2D eigenvalue weighted by Crippen LogP contribution is -2.60. The highest BCUT2D eigenvalue weighted by molar-refractivity contribution is 5.92. The van der Waals surface area contributed by atoms with Crippen LogP contribution in [0.25, 0.3) is 10.8 Å². The molecule has 2 saturated heterocycles. The molecule has 0 spiro atoms. The number of hydrogen-bond acceptors (Lipinski definition) is 3. The second kappa shape index (κ2) is 9.40.